The largest absolute Gasteiger partial charge is 0.497 e. The summed E-state index contributed by atoms with van der Waals surface area (Å²) in [6.07, 6.45) is 0. The molecule has 0 atom stereocenters. The summed E-state index contributed by atoms with van der Waals surface area (Å²) in [5.74, 6) is 0.655. The minimum atomic E-state index is -0.200. The molecule has 0 spiro atoms. The van der Waals surface area contributed by atoms with Crippen LogP contribution in [0.25, 0.3) is 0 Å². The maximum atomic E-state index is 12.3. The lowest BCUT2D eigenvalue weighted by atomic mass is 10.2. The van der Waals surface area contributed by atoms with E-state index in [-0.39, 0.29) is 17.6 Å². The number of aryl methyl sites for hydroxylation is 1. The molecule has 3 rings (SSSR count). The second kappa shape index (κ2) is 10.2. The molecule has 2 amide bonds. The van der Waals surface area contributed by atoms with E-state index in [9.17, 15) is 9.59 Å². The SMILES string of the molecule is COc1ccc(C(=O)Nc2ccc(SCC(=O)Nc3cc(Cl)ccc3C)cc2)cc1. The van der Waals surface area contributed by atoms with Gasteiger partial charge in [-0.2, -0.15) is 0 Å². The van der Waals surface area contributed by atoms with Gasteiger partial charge in [0.15, 0.2) is 0 Å². The first-order chi connectivity index (χ1) is 14.4. The zero-order chi connectivity index (χ0) is 21.5. The highest BCUT2D eigenvalue weighted by Crippen LogP contribution is 2.23. The number of hydrogen-bond acceptors (Lipinski definition) is 4. The van der Waals surface area contributed by atoms with Crippen molar-refractivity contribution in [1.29, 1.82) is 0 Å². The summed E-state index contributed by atoms with van der Waals surface area (Å²) >= 11 is 7.40. The zero-order valence-corrected chi connectivity index (χ0v) is 18.1. The number of rotatable bonds is 7. The van der Waals surface area contributed by atoms with E-state index in [4.69, 9.17) is 16.3 Å². The van der Waals surface area contributed by atoms with Crippen LogP contribution in [0.3, 0.4) is 0 Å². The summed E-state index contributed by atoms with van der Waals surface area (Å²) < 4.78 is 5.10. The Bertz CT molecular complexity index is 1040. The number of carbonyl (C=O) groups is 2. The summed E-state index contributed by atoms with van der Waals surface area (Å²) in [6, 6.07) is 19.6. The summed E-state index contributed by atoms with van der Waals surface area (Å²) in [5.41, 5.74) is 2.89. The van der Waals surface area contributed by atoms with E-state index >= 15 is 0 Å². The number of thioether (sulfide) groups is 1. The van der Waals surface area contributed by atoms with Crippen molar-refractivity contribution >= 4 is 46.6 Å². The smallest absolute Gasteiger partial charge is 0.255 e. The Hall–Kier alpha value is -2.96. The highest BCUT2D eigenvalue weighted by atomic mass is 35.5. The fourth-order valence-electron chi connectivity index (χ4n) is 2.64. The van der Waals surface area contributed by atoms with Crippen molar-refractivity contribution in [2.24, 2.45) is 0 Å². The van der Waals surface area contributed by atoms with Gasteiger partial charge in [0.25, 0.3) is 5.91 Å². The molecule has 0 aliphatic rings. The Morgan fingerprint density at radius 2 is 1.67 bits per heavy atom. The van der Waals surface area contributed by atoms with Crippen LogP contribution in [0, 0.1) is 6.92 Å². The lowest BCUT2D eigenvalue weighted by Crippen LogP contribution is -2.14. The normalized spacial score (nSPS) is 10.4. The van der Waals surface area contributed by atoms with Crippen LogP contribution < -0.4 is 15.4 Å². The van der Waals surface area contributed by atoms with E-state index in [2.05, 4.69) is 10.6 Å². The Kier molecular flexibility index (Phi) is 7.38. The van der Waals surface area contributed by atoms with Crippen LogP contribution in [0.1, 0.15) is 15.9 Å². The van der Waals surface area contributed by atoms with Gasteiger partial charge in [-0.3, -0.25) is 9.59 Å². The van der Waals surface area contributed by atoms with Crippen LogP contribution >= 0.6 is 23.4 Å². The van der Waals surface area contributed by atoms with Gasteiger partial charge in [-0.1, -0.05) is 17.7 Å². The number of ether oxygens (including phenoxy) is 1. The van der Waals surface area contributed by atoms with Gasteiger partial charge in [0.2, 0.25) is 5.91 Å². The average molecular weight is 441 g/mol. The summed E-state index contributed by atoms with van der Waals surface area (Å²) in [7, 11) is 1.58. The molecule has 2 N–H and O–H groups in total. The van der Waals surface area contributed by atoms with Crippen LogP contribution in [0.15, 0.2) is 71.6 Å². The van der Waals surface area contributed by atoms with E-state index in [1.165, 1.54) is 11.8 Å². The number of halogens is 1. The van der Waals surface area contributed by atoms with E-state index in [0.717, 1.165) is 10.5 Å². The average Bonchev–Trinajstić information content (AvgIpc) is 2.76. The molecule has 5 nitrogen and oxygen atoms in total. The molecule has 0 saturated carbocycles. The highest BCUT2D eigenvalue weighted by molar-refractivity contribution is 8.00. The maximum absolute atomic E-state index is 12.3. The second-order valence-corrected chi connectivity index (χ2v) is 7.99. The number of amides is 2. The summed E-state index contributed by atoms with van der Waals surface area (Å²) in [4.78, 5) is 25.5. The van der Waals surface area contributed by atoms with Crippen molar-refractivity contribution in [3.63, 3.8) is 0 Å². The molecule has 0 fully saturated rings. The maximum Gasteiger partial charge on any atom is 0.255 e. The molecule has 3 aromatic rings. The van der Waals surface area contributed by atoms with Gasteiger partial charge < -0.3 is 15.4 Å². The predicted molar refractivity (Wildman–Crippen MR) is 123 cm³/mol. The molecule has 0 aliphatic heterocycles. The fourth-order valence-corrected chi connectivity index (χ4v) is 3.51. The Morgan fingerprint density at radius 3 is 2.33 bits per heavy atom. The molecule has 0 unspecified atom stereocenters. The van der Waals surface area contributed by atoms with E-state index in [1.807, 2.05) is 37.3 Å². The molecular formula is C23H21ClN2O3S. The van der Waals surface area contributed by atoms with Crippen molar-refractivity contribution in [1.82, 2.24) is 0 Å². The number of anilines is 2. The summed E-state index contributed by atoms with van der Waals surface area (Å²) in [5, 5.41) is 6.31. The molecule has 0 radical (unpaired) electrons. The van der Waals surface area contributed by atoms with Crippen LogP contribution in [-0.4, -0.2) is 24.7 Å². The summed E-state index contributed by atoms with van der Waals surface area (Å²) in [6.45, 7) is 1.91. The topological polar surface area (TPSA) is 67.4 Å². The number of nitrogens with one attached hydrogen (secondary N) is 2. The Morgan fingerprint density at radius 1 is 0.967 bits per heavy atom. The third kappa shape index (κ3) is 6.02. The lowest BCUT2D eigenvalue weighted by Gasteiger charge is -2.09. The number of carbonyl (C=O) groups excluding carboxylic acids is 2. The van der Waals surface area contributed by atoms with Gasteiger partial charge in [0.05, 0.1) is 12.9 Å². The highest BCUT2D eigenvalue weighted by Gasteiger charge is 2.08. The van der Waals surface area contributed by atoms with Gasteiger partial charge in [-0.15, -0.1) is 11.8 Å². The fraction of sp³-hybridized carbons (Fsp3) is 0.130. The van der Waals surface area contributed by atoms with Crippen molar-refractivity contribution in [3.8, 4) is 5.75 Å². The molecule has 0 saturated heterocycles. The third-order valence-corrected chi connectivity index (χ3v) is 5.56. The molecule has 0 heterocycles. The van der Waals surface area contributed by atoms with Gasteiger partial charge in [0.1, 0.15) is 5.75 Å². The first kappa shape index (κ1) is 21.7. The molecular weight excluding hydrogens is 420 g/mol. The number of methoxy groups -OCH3 is 1. The molecule has 0 bridgehead atoms. The monoisotopic (exact) mass is 440 g/mol. The first-order valence-corrected chi connectivity index (χ1v) is 10.6. The minimum Gasteiger partial charge on any atom is -0.497 e. The van der Waals surface area contributed by atoms with E-state index in [0.29, 0.717) is 27.7 Å². The predicted octanol–water partition coefficient (Wildman–Crippen LogP) is 5.64. The first-order valence-electron chi connectivity index (χ1n) is 9.19. The van der Waals surface area contributed by atoms with Gasteiger partial charge in [-0.05, 0) is 73.2 Å². The number of hydrogen-bond donors (Lipinski definition) is 2. The third-order valence-electron chi connectivity index (χ3n) is 4.31. The van der Waals surface area contributed by atoms with Gasteiger partial charge in [0, 0.05) is 26.9 Å². The Balaban J connectivity index is 1.52. The van der Waals surface area contributed by atoms with Crippen molar-refractivity contribution in [3.05, 3.63) is 82.9 Å². The standard InChI is InChI=1S/C23H21ClN2O3S/c1-15-3-6-17(24)13-21(15)26-22(27)14-30-20-11-7-18(8-12-20)25-23(28)16-4-9-19(29-2)10-5-16/h3-13H,14H2,1-2H3,(H,25,28)(H,26,27). The van der Waals surface area contributed by atoms with E-state index in [1.54, 1.807) is 43.5 Å². The molecule has 0 aliphatic carbocycles. The zero-order valence-electron chi connectivity index (χ0n) is 16.6. The minimum absolute atomic E-state index is 0.109. The molecule has 3 aromatic carbocycles. The lowest BCUT2D eigenvalue weighted by molar-refractivity contribution is -0.113. The van der Waals surface area contributed by atoms with Crippen LogP contribution in [0.5, 0.6) is 5.75 Å². The molecule has 154 valence electrons. The van der Waals surface area contributed by atoms with Crippen LogP contribution in [0.2, 0.25) is 5.02 Å². The van der Waals surface area contributed by atoms with Crippen molar-refractivity contribution in [2.75, 3.05) is 23.5 Å². The quantitative estimate of drug-likeness (QED) is 0.466. The van der Waals surface area contributed by atoms with Gasteiger partial charge >= 0.3 is 0 Å². The van der Waals surface area contributed by atoms with E-state index < -0.39 is 0 Å². The van der Waals surface area contributed by atoms with Crippen molar-refractivity contribution in [2.45, 2.75) is 11.8 Å². The number of benzene rings is 3. The Labute approximate surface area is 184 Å². The molecule has 30 heavy (non-hydrogen) atoms. The second-order valence-electron chi connectivity index (χ2n) is 6.50. The van der Waals surface area contributed by atoms with Crippen LogP contribution in [-0.2, 0) is 4.79 Å². The van der Waals surface area contributed by atoms with Crippen LogP contribution in [0.4, 0.5) is 11.4 Å². The van der Waals surface area contributed by atoms with Crippen molar-refractivity contribution < 1.29 is 14.3 Å². The molecule has 7 heteroatoms. The van der Waals surface area contributed by atoms with Gasteiger partial charge in [-0.25, -0.2) is 0 Å². The molecule has 0 aromatic heterocycles.